The second-order valence-corrected chi connectivity index (χ2v) is 14.6. The minimum Gasteiger partial charge on any atom is -0.379 e. The fraction of sp³-hybridized carbons (Fsp3) is 0.811. The van der Waals surface area contributed by atoms with Gasteiger partial charge in [0.2, 0.25) is 5.91 Å². The van der Waals surface area contributed by atoms with Crippen LogP contribution in [-0.4, -0.2) is 98.2 Å². The molecule has 2 N–H and O–H groups in total. The Morgan fingerprint density at radius 2 is 1.40 bits per heavy atom. The van der Waals surface area contributed by atoms with Gasteiger partial charge in [0.15, 0.2) is 0 Å². The monoisotopic (exact) mass is 675 g/mol. The van der Waals surface area contributed by atoms with Crippen molar-refractivity contribution < 1.29 is 28.6 Å². The molecule has 266 valence electrons. The normalized spacial score (nSPS) is 23.7. The molecule has 47 heavy (non-hydrogen) atoms. The number of hydrogen-bond donors (Lipinski definition) is 2. The third-order valence-electron chi connectivity index (χ3n) is 9.35. The SMILES string of the molecule is C=C1N[C@H]2[C@H](CS[C@H]2CCCCC(=O)CCCCOCCOCCOCCCCC(=O)CCCC(=O)N2CCC#C[C@H](C)[C@@H](C)C2)N1. The number of carbonyl (C=O) groups is 3. The molecule has 3 rings (SSSR count). The summed E-state index contributed by atoms with van der Waals surface area (Å²) in [4.78, 5) is 39.0. The van der Waals surface area contributed by atoms with Gasteiger partial charge in [0, 0.05) is 81.7 Å². The number of ether oxygens (including phenoxy) is 3. The Balaban J connectivity index is 1.01. The first kappa shape index (κ1) is 39.4. The molecular weight excluding hydrogens is 614 g/mol. The van der Waals surface area contributed by atoms with E-state index in [0.717, 1.165) is 69.5 Å². The van der Waals surface area contributed by atoms with Gasteiger partial charge in [-0.1, -0.05) is 32.8 Å². The Morgan fingerprint density at radius 3 is 2.06 bits per heavy atom. The van der Waals surface area contributed by atoms with E-state index in [1.54, 1.807) is 0 Å². The fourth-order valence-electron chi connectivity index (χ4n) is 6.25. The van der Waals surface area contributed by atoms with E-state index in [1.165, 1.54) is 0 Å². The van der Waals surface area contributed by atoms with Crippen molar-refractivity contribution in [2.75, 3.05) is 58.5 Å². The largest absolute Gasteiger partial charge is 0.379 e. The number of thioether (sulfide) groups is 1. The summed E-state index contributed by atoms with van der Waals surface area (Å²) in [6, 6.07) is 1.01. The molecule has 3 aliphatic rings. The Hall–Kier alpha value is -2.06. The number of unbranched alkanes of at least 4 members (excludes halogenated alkanes) is 3. The van der Waals surface area contributed by atoms with E-state index in [9.17, 15) is 14.4 Å². The zero-order chi connectivity index (χ0) is 33.7. The first-order chi connectivity index (χ1) is 22.8. The highest BCUT2D eigenvalue weighted by Gasteiger charge is 2.40. The predicted octanol–water partition coefficient (Wildman–Crippen LogP) is 5.27. The number of nitrogens with one attached hydrogen (secondary N) is 2. The van der Waals surface area contributed by atoms with Crippen LogP contribution in [0.3, 0.4) is 0 Å². The smallest absolute Gasteiger partial charge is 0.222 e. The zero-order valence-electron chi connectivity index (χ0n) is 29.2. The molecule has 1 amide bonds. The van der Waals surface area contributed by atoms with Crippen molar-refractivity contribution in [3.8, 4) is 11.8 Å². The van der Waals surface area contributed by atoms with E-state index in [-0.39, 0.29) is 11.7 Å². The molecule has 2 fully saturated rings. The van der Waals surface area contributed by atoms with Crippen molar-refractivity contribution in [1.82, 2.24) is 15.5 Å². The molecule has 3 aliphatic heterocycles. The van der Waals surface area contributed by atoms with Gasteiger partial charge in [-0.15, -0.1) is 5.92 Å². The van der Waals surface area contributed by atoms with Crippen LogP contribution in [0, 0.1) is 23.7 Å². The third-order valence-corrected chi connectivity index (χ3v) is 10.9. The first-order valence-electron chi connectivity index (χ1n) is 18.2. The molecule has 0 aliphatic carbocycles. The van der Waals surface area contributed by atoms with Gasteiger partial charge in [-0.3, -0.25) is 14.4 Å². The molecule has 3 heterocycles. The van der Waals surface area contributed by atoms with Gasteiger partial charge < -0.3 is 29.7 Å². The van der Waals surface area contributed by atoms with Crippen LogP contribution in [0.2, 0.25) is 0 Å². The Morgan fingerprint density at radius 1 is 0.809 bits per heavy atom. The number of hydrogen-bond acceptors (Lipinski definition) is 9. The highest BCUT2D eigenvalue weighted by atomic mass is 32.2. The summed E-state index contributed by atoms with van der Waals surface area (Å²) in [5, 5.41) is 7.50. The number of rotatable bonds is 25. The van der Waals surface area contributed by atoms with Gasteiger partial charge >= 0.3 is 0 Å². The Labute approximate surface area is 288 Å². The average Bonchev–Trinajstić information content (AvgIpc) is 3.60. The van der Waals surface area contributed by atoms with Gasteiger partial charge in [0.25, 0.3) is 0 Å². The second kappa shape index (κ2) is 23.3. The molecule has 5 atom stereocenters. The number of carbonyl (C=O) groups excluding carboxylic acids is 3. The quantitative estimate of drug-likeness (QED) is 0.0989. The van der Waals surface area contributed by atoms with Gasteiger partial charge in [0.05, 0.1) is 44.3 Å². The maximum absolute atomic E-state index is 12.6. The van der Waals surface area contributed by atoms with Crippen molar-refractivity contribution >= 4 is 29.2 Å². The summed E-state index contributed by atoms with van der Waals surface area (Å²) >= 11 is 2.03. The van der Waals surface area contributed by atoms with Crippen LogP contribution in [0.4, 0.5) is 0 Å². The van der Waals surface area contributed by atoms with E-state index in [2.05, 4.69) is 42.9 Å². The maximum Gasteiger partial charge on any atom is 0.222 e. The number of Topliss-reactive ketones (excluding diaryl/α,β-unsaturated/α-hetero) is 2. The molecule has 0 aromatic carbocycles. The lowest BCUT2D eigenvalue weighted by atomic mass is 9.94. The molecule has 0 unspecified atom stereocenters. The molecule has 0 spiro atoms. The molecule has 0 radical (unpaired) electrons. The minimum atomic E-state index is 0.145. The van der Waals surface area contributed by atoms with Crippen molar-refractivity contribution in [3.05, 3.63) is 12.4 Å². The van der Waals surface area contributed by atoms with Crippen LogP contribution in [0.15, 0.2) is 12.4 Å². The number of ketones is 2. The van der Waals surface area contributed by atoms with Crippen LogP contribution in [0.1, 0.15) is 104 Å². The van der Waals surface area contributed by atoms with Crippen LogP contribution in [-0.2, 0) is 28.6 Å². The first-order valence-corrected chi connectivity index (χ1v) is 19.2. The molecule has 0 aromatic heterocycles. The summed E-state index contributed by atoms with van der Waals surface area (Å²) in [5.41, 5.74) is 0. The van der Waals surface area contributed by atoms with Gasteiger partial charge in [0.1, 0.15) is 11.6 Å². The molecule has 0 saturated carbocycles. The van der Waals surface area contributed by atoms with Gasteiger partial charge in [-0.2, -0.15) is 11.8 Å². The van der Waals surface area contributed by atoms with E-state index >= 15 is 0 Å². The van der Waals surface area contributed by atoms with E-state index in [0.29, 0.717) is 120 Å². The van der Waals surface area contributed by atoms with E-state index in [1.807, 2.05) is 16.7 Å². The predicted molar refractivity (Wildman–Crippen MR) is 189 cm³/mol. The summed E-state index contributed by atoms with van der Waals surface area (Å²) < 4.78 is 16.8. The highest BCUT2D eigenvalue weighted by molar-refractivity contribution is 8.00. The van der Waals surface area contributed by atoms with Crippen LogP contribution in [0.5, 0.6) is 0 Å². The topological polar surface area (TPSA) is 106 Å². The standard InChI is InChI=1S/C37H61N3O6S/c1-29-13-6-9-20-40(27-30(29)2)36(43)19-12-17-33(42)16-8-11-22-45-24-26-46-25-23-44-21-10-7-15-32(41)14-4-5-18-35-37-34(28-47-35)38-31(3)39-37/h29-30,34-35,37-39H,3-5,7-12,14-28H2,1-2H3/t29-,30-,34-,35-,37-/m0/s1. The third kappa shape index (κ3) is 16.3. The lowest BCUT2D eigenvalue weighted by Gasteiger charge is -2.28. The lowest BCUT2D eigenvalue weighted by Crippen LogP contribution is -2.37. The number of amides is 1. The van der Waals surface area contributed by atoms with Crippen LogP contribution in [0.25, 0.3) is 0 Å². The van der Waals surface area contributed by atoms with Crippen LogP contribution >= 0.6 is 11.8 Å². The average molecular weight is 676 g/mol. The summed E-state index contributed by atoms with van der Waals surface area (Å²) in [6.45, 7) is 13.1. The van der Waals surface area contributed by atoms with Crippen molar-refractivity contribution in [3.63, 3.8) is 0 Å². The molecule has 0 aromatic rings. The lowest BCUT2D eigenvalue weighted by molar-refractivity contribution is -0.132. The molecule has 2 saturated heterocycles. The summed E-state index contributed by atoms with van der Waals surface area (Å²) in [6.07, 6.45) is 10.8. The molecule has 10 heteroatoms. The van der Waals surface area contributed by atoms with E-state index in [4.69, 9.17) is 14.2 Å². The number of nitrogens with zero attached hydrogens (tertiary/aromatic N) is 1. The van der Waals surface area contributed by atoms with Gasteiger partial charge in [-0.05, 0) is 50.9 Å². The Kier molecular flexibility index (Phi) is 19.5. The summed E-state index contributed by atoms with van der Waals surface area (Å²) in [5.74, 6) is 9.93. The minimum absolute atomic E-state index is 0.145. The Bertz CT molecular complexity index is 1030. The van der Waals surface area contributed by atoms with Crippen molar-refractivity contribution in [1.29, 1.82) is 0 Å². The van der Waals surface area contributed by atoms with Crippen molar-refractivity contribution in [2.45, 2.75) is 121 Å². The fourth-order valence-corrected chi connectivity index (χ4v) is 7.79. The van der Waals surface area contributed by atoms with E-state index < -0.39 is 0 Å². The molecule has 9 nitrogen and oxygen atoms in total. The summed E-state index contributed by atoms with van der Waals surface area (Å²) in [7, 11) is 0. The molecule has 0 bridgehead atoms. The van der Waals surface area contributed by atoms with Crippen molar-refractivity contribution in [2.24, 2.45) is 11.8 Å². The van der Waals surface area contributed by atoms with Gasteiger partial charge in [-0.25, -0.2) is 0 Å². The second-order valence-electron chi connectivity index (χ2n) is 13.4. The molecular formula is C37H61N3O6S. The zero-order valence-corrected chi connectivity index (χ0v) is 30.0. The number of fused-ring (bicyclic) bond motifs is 1. The van der Waals surface area contributed by atoms with Crippen LogP contribution < -0.4 is 10.6 Å². The maximum atomic E-state index is 12.6. The highest BCUT2D eigenvalue weighted by Crippen LogP contribution is 2.34.